The number of nitrogens with zero attached hydrogens (tertiary/aromatic N) is 2. The van der Waals surface area contributed by atoms with Crippen LogP contribution in [0.2, 0.25) is 0 Å². The van der Waals surface area contributed by atoms with Crippen molar-refractivity contribution in [2.24, 2.45) is 23.0 Å². The van der Waals surface area contributed by atoms with Crippen molar-refractivity contribution in [2.75, 3.05) is 20.2 Å². The lowest BCUT2D eigenvalue weighted by atomic mass is 9.82. The first-order valence-electron chi connectivity index (χ1n) is 20.1. The third-order valence-corrected chi connectivity index (χ3v) is 12.5. The number of ether oxygens (including phenoxy) is 2. The number of fused-ring (bicyclic) bond motifs is 3. The summed E-state index contributed by atoms with van der Waals surface area (Å²) in [6.45, 7) is 11.3. The van der Waals surface area contributed by atoms with Crippen LogP contribution in [0.15, 0.2) is 67.3 Å². The number of primary amides is 1. The van der Waals surface area contributed by atoms with Gasteiger partial charge in [0.25, 0.3) is 0 Å². The number of carbonyl (C=O) groups is 3. The average molecular weight is 748 g/mol. The van der Waals surface area contributed by atoms with E-state index < -0.39 is 35.0 Å². The molecule has 5 atom stereocenters. The molecule has 2 aliphatic carbocycles. The Bertz CT molecular complexity index is 1970. The number of hydrogen-bond acceptors (Lipinski definition) is 7. The second kappa shape index (κ2) is 15.4. The maximum Gasteiger partial charge on any atom is 0.243 e. The van der Waals surface area contributed by atoms with E-state index in [2.05, 4.69) is 49.3 Å². The van der Waals surface area contributed by atoms with Crippen LogP contribution in [-0.2, 0) is 14.4 Å². The van der Waals surface area contributed by atoms with Crippen molar-refractivity contribution in [2.45, 2.75) is 108 Å². The van der Waals surface area contributed by atoms with Gasteiger partial charge in [-0.05, 0) is 69.4 Å². The van der Waals surface area contributed by atoms with Crippen molar-refractivity contribution < 1.29 is 23.9 Å². The number of allylic oxidation sites excluding steroid dienone is 1. The van der Waals surface area contributed by atoms with Crippen LogP contribution >= 0.6 is 0 Å². The Labute approximate surface area is 325 Å². The van der Waals surface area contributed by atoms with Crippen LogP contribution in [-0.4, -0.2) is 71.0 Å². The second-order valence-corrected chi connectivity index (χ2v) is 17.3. The standard InChI is InChI=1S/C45H57N5O5/c1-6-32-26-45(32,42(46)53)49-40(51)36-27-44(4)28-50(36)41(52)39(30-17-11-8-12-18-30)47-22-14-21-43(2,3)20-13-19-31-23-33-35(25-37(31)54-5)48-34(24-38(33)55-44)29-15-9-7-10-16-29/h6-7,9-10,13,15-16,19,23-25,30,32,36,39,47H,1,8,11-12,14,17-18,20-22,26-28H2,2-5H3,(H2,46,53)(H,49,51)/b19-13+/t32-,36+,39+,44?,45-/m1/s1. The number of amides is 3. The van der Waals surface area contributed by atoms with Gasteiger partial charge in [-0.2, -0.15) is 0 Å². The Hall–Kier alpha value is -4.70. The molecule has 1 aromatic heterocycles. The lowest BCUT2D eigenvalue weighted by Crippen LogP contribution is -2.58. The van der Waals surface area contributed by atoms with Crippen LogP contribution in [0.5, 0.6) is 11.5 Å². The Balaban J connectivity index is 1.34. The molecule has 1 unspecified atom stereocenters. The van der Waals surface area contributed by atoms with E-state index in [1.54, 1.807) is 18.1 Å². The van der Waals surface area contributed by atoms with Gasteiger partial charge < -0.3 is 30.7 Å². The average Bonchev–Trinajstić information content (AvgIpc) is 3.79. The van der Waals surface area contributed by atoms with E-state index in [0.717, 1.165) is 73.6 Å². The van der Waals surface area contributed by atoms with Gasteiger partial charge in [-0.15, -0.1) is 6.58 Å². The normalized spacial score (nSPS) is 29.1. The number of carbonyl (C=O) groups excluding carboxylic acids is 3. The molecule has 3 heterocycles. The fourth-order valence-corrected chi connectivity index (χ4v) is 9.14. The molecular formula is C45H57N5O5. The number of methoxy groups -OCH3 is 1. The summed E-state index contributed by atoms with van der Waals surface area (Å²) >= 11 is 0. The van der Waals surface area contributed by atoms with Crippen molar-refractivity contribution in [3.8, 4) is 22.8 Å². The first kappa shape index (κ1) is 38.6. The van der Waals surface area contributed by atoms with Gasteiger partial charge in [0.05, 0.1) is 30.9 Å². The largest absolute Gasteiger partial charge is 0.496 e. The smallest absolute Gasteiger partial charge is 0.243 e. The van der Waals surface area contributed by atoms with Gasteiger partial charge in [0.2, 0.25) is 17.7 Å². The summed E-state index contributed by atoms with van der Waals surface area (Å²) in [4.78, 5) is 49.0. The molecule has 2 aromatic carbocycles. The highest BCUT2D eigenvalue weighted by Gasteiger charge is 2.60. The molecule has 4 N–H and O–H groups in total. The van der Waals surface area contributed by atoms with E-state index in [0.29, 0.717) is 30.0 Å². The van der Waals surface area contributed by atoms with E-state index in [1.807, 2.05) is 49.4 Å². The molecule has 0 spiro atoms. The van der Waals surface area contributed by atoms with Crippen LogP contribution in [0, 0.1) is 17.3 Å². The Kier molecular flexibility index (Phi) is 10.8. The highest BCUT2D eigenvalue weighted by molar-refractivity contribution is 5.98. The van der Waals surface area contributed by atoms with Crippen molar-refractivity contribution in [3.05, 3.63) is 72.8 Å². The van der Waals surface area contributed by atoms with E-state index in [9.17, 15) is 9.59 Å². The minimum atomic E-state index is -1.21. The molecule has 2 saturated carbocycles. The summed E-state index contributed by atoms with van der Waals surface area (Å²) in [7, 11) is 1.67. The maximum atomic E-state index is 15.0. The minimum absolute atomic E-state index is 0.0287. The van der Waals surface area contributed by atoms with E-state index in [1.165, 1.54) is 0 Å². The summed E-state index contributed by atoms with van der Waals surface area (Å²) in [5, 5.41) is 7.49. The van der Waals surface area contributed by atoms with Crippen molar-refractivity contribution in [1.29, 1.82) is 0 Å². The van der Waals surface area contributed by atoms with Crippen LogP contribution in [0.1, 0.15) is 90.5 Å². The molecule has 7 rings (SSSR count). The summed E-state index contributed by atoms with van der Waals surface area (Å²) in [5.74, 6) is 0.118. The SMILES string of the molecule is C=C[C@@H]1C[C@]1(NC(=O)[C@@H]1CC2(C)CN1C(=O)[C@H](C1CCCCC1)NCCCC(C)(C)C/C=C/c1cc3c(cc(-c4ccccc4)nc3cc1OC)O2)C(N)=O. The highest BCUT2D eigenvalue weighted by atomic mass is 16.5. The Morgan fingerprint density at radius 1 is 1.07 bits per heavy atom. The first-order valence-corrected chi connectivity index (χ1v) is 20.1. The molecule has 2 aliphatic heterocycles. The van der Waals surface area contributed by atoms with E-state index in [-0.39, 0.29) is 36.1 Å². The zero-order valence-electron chi connectivity index (χ0n) is 32.9. The van der Waals surface area contributed by atoms with Gasteiger partial charge in [-0.3, -0.25) is 14.4 Å². The lowest BCUT2D eigenvalue weighted by molar-refractivity contribution is -0.142. The van der Waals surface area contributed by atoms with Gasteiger partial charge in [0.15, 0.2) is 0 Å². The van der Waals surface area contributed by atoms with Crippen molar-refractivity contribution in [1.82, 2.24) is 20.5 Å². The number of hydrogen-bond donors (Lipinski definition) is 3. The maximum absolute atomic E-state index is 15.0. The first-order chi connectivity index (χ1) is 26.3. The third-order valence-electron chi connectivity index (χ3n) is 12.5. The molecule has 4 bridgehead atoms. The molecule has 1 saturated heterocycles. The Morgan fingerprint density at radius 3 is 2.53 bits per heavy atom. The molecule has 292 valence electrons. The molecule has 55 heavy (non-hydrogen) atoms. The van der Waals surface area contributed by atoms with Crippen molar-refractivity contribution >= 4 is 34.7 Å². The van der Waals surface area contributed by atoms with Crippen LogP contribution in [0.3, 0.4) is 0 Å². The van der Waals surface area contributed by atoms with Gasteiger partial charge in [-0.25, -0.2) is 4.98 Å². The summed E-state index contributed by atoms with van der Waals surface area (Å²) in [6, 6.07) is 14.6. The van der Waals surface area contributed by atoms with E-state index in [4.69, 9.17) is 20.2 Å². The van der Waals surface area contributed by atoms with Gasteiger partial charge >= 0.3 is 0 Å². The number of rotatable bonds is 7. The zero-order valence-corrected chi connectivity index (χ0v) is 32.9. The lowest BCUT2D eigenvalue weighted by Gasteiger charge is -2.35. The fraction of sp³-hybridized carbons (Fsp3) is 0.511. The molecule has 0 radical (unpaired) electrons. The minimum Gasteiger partial charge on any atom is -0.496 e. The predicted molar refractivity (Wildman–Crippen MR) is 216 cm³/mol. The van der Waals surface area contributed by atoms with Crippen LogP contribution in [0.4, 0.5) is 0 Å². The van der Waals surface area contributed by atoms with Crippen LogP contribution < -0.4 is 25.8 Å². The topological polar surface area (TPSA) is 136 Å². The zero-order chi connectivity index (χ0) is 39.0. The van der Waals surface area contributed by atoms with Gasteiger partial charge in [0.1, 0.15) is 28.7 Å². The summed E-state index contributed by atoms with van der Waals surface area (Å²) in [5.41, 5.74) is 7.00. The van der Waals surface area contributed by atoms with Gasteiger partial charge in [-0.1, -0.05) is 81.7 Å². The summed E-state index contributed by atoms with van der Waals surface area (Å²) < 4.78 is 13.0. The quantitative estimate of drug-likeness (QED) is 0.223. The molecule has 3 amide bonds. The Morgan fingerprint density at radius 2 is 1.84 bits per heavy atom. The summed E-state index contributed by atoms with van der Waals surface area (Å²) in [6.07, 6.45) is 14.6. The molecule has 10 nitrogen and oxygen atoms in total. The number of aromatic nitrogens is 1. The second-order valence-electron chi connectivity index (χ2n) is 17.3. The fourth-order valence-electron chi connectivity index (χ4n) is 9.14. The molecular weight excluding hydrogens is 691 g/mol. The molecule has 3 aromatic rings. The monoisotopic (exact) mass is 747 g/mol. The number of nitrogens with one attached hydrogen (secondary N) is 2. The van der Waals surface area contributed by atoms with E-state index >= 15 is 4.79 Å². The highest BCUT2D eigenvalue weighted by Crippen LogP contribution is 2.45. The van der Waals surface area contributed by atoms with Gasteiger partial charge in [0, 0.05) is 41.0 Å². The predicted octanol–water partition coefficient (Wildman–Crippen LogP) is 6.96. The molecule has 4 aliphatic rings. The molecule has 10 heteroatoms. The third kappa shape index (κ3) is 8.02. The molecule has 3 fully saturated rings. The van der Waals surface area contributed by atoms with Crippen molar-refractivity contribution in [3.63, 3.8) is 0 Å². The number of pyridine rings is 1. The number of benzene rings is 2. The van der Waals surface area contributed by atoms with Crippen LogP contribution in [0.25, 0.3) is 28.2 Å². The number of nitrogens with two attached hydrogens (primary N) is 1.